The zero-order valence-corrected chi connectivity index (χ0v) is 17.1. The van der Waals surface area contributed by atoms with E-state index in [4.69, 9.17) is 11.6 Å². The van der Waals surface area contributed by atoms with Crippen LogP contribution in [0.2, 0.25) is 5.02 Å². The third-order valence-corrected chi connectivity index (χ3v) is 5.83. The Kier molecular flexibility index (Phi) is 6.28. The van der Waals surface area contributed by atoms with Crippen LogP contribution in [0.4, 0.5) is 0 Å². The van der Waals surface area contributed by atoms with Gasteiger partial charge in [0.25, 0.3) is 0 Å². The summed E-state index contributed by atoms with van der Waals surface area (Å²) in [6.07, 6.45) is 0.669. The molecule has 0 bridgehead atoms. The zero-order valence-electron chi connectivity index (χ0n) is 16.3. The van der Waals surface area contributed by atoms with Crippen LogP contribution in [0.3, 0.4) is 0 Å². The number of nitrogens with zero attached hydrogens (tertiary/aromatic N) is 2. The Morgan fingerprint density at radius 2 is 2.00 bits per heavy atom. The molecular weight excluding hydrogens is 376 g/mol. The maximum Gasteiger partial charge on any atom is 0.227 e. The fourth-order valence-corrected chi connectivity index (χ4v) is 4.17. The third-order valence-electron chi connectivity index (χ3n) is 5.46. The van der Waals surface area contributed by atoms with Crippen LogP contribution in [0.1, 0.15) is 17.5 Å². The lowest BCUT2D eigenvalue weighted by molar-refractivity contribution is -0.141. The molecule has 2 aromatic rings. The monoisotopic (exact) mass is 402 g/mol. The highest BCUT2D eigenvalue weighted by Crippen LogP contribution is 2.39. The van der Waals surface area contributed by atoms with E-state index in [1.807, 2.05) is 48.2 Å². The average Bonchev–Trinajstić information content (AvgIpc) is 2.65. The number of carbonyl (C=O) groups is 1. The molecule has 1 fully saturated rings. The predicted molar refractivity (Wildman–Crippen MR) is 110 cm³/mol. The van der Waals surface area contributed by atoms with Gasteiger partial charge in [0.1, 0.15) is 5.75 Å². The second-order valence-electron chi connectivity index (χ2n) is 7.79. The minimum Gasteiger partial charge on any atom is -0.508 e. The molecule has 6 heteroatoms. The van der Waals surface area contributed by atoms with Crippen LogP contribution < -0.4 is 0 Å². The highest BCUT2D eigenvalue weighted by atomic mass is 35.5. The van der Waals surface area contributed by atoms with Crippen LogP contribution in [0.5, 0.6) is 5.75 Å². The smallest absolute Gasteiger partial charge is 0.227 e. The number of hydrogen-bond acceptors (Lipinski definition) is 4. The maximum atomic E-state index is 12.9. The third kappa shape index (κ3) is 4.49. The number of phenols is 1. The summed E-state index contributed by atoms with van der Waals surface area (Å²) >= 11 is 6.20. The summed E-state index contributed by atoms with van der Waals surface area (Å²) in [5.41, 5.74) is 0.411. The molecule has 0 spiro atoms. The molecule has 2 unspecified atom stereocenters. The summed E-state index contributed by atoms with van der Waals surface area (Å²) < 4.78 is 0. The van der Waals surface area contributed by atoms with Gasteiger partial charge in [0.2, 0.25) is 5.91 Å². The van der Waals surface area contributed by atoms with Crippen molar-refractivity contribution in [2.45, 2.75) is 18.4 Å². The molecule has 0 aromatic heterocycles. The number of aliphatic hydroxyl groups is 1. The van der Waals surface area contributed by atoms with E-state index in [1.54, 1.807) is 24.3 Å². The summed E-state index contributed by atoms with van der Waals surface area (Å²) in [6, 6.07) is 14.2. The van der Waals surface area contributed by atoms with Gasteiger partial charge in [0.15, 0.2) is 0 Å². The molecule has 2 atom stereocenters. The van der Waals surface area contributed by atoms with Crippen molar-refractivity contribution in [2.75, 3.05) is 33.7 Å². The van der Waals surface area contributed by atoms with Crippen molar-refractivity contribution in [3.8, 4) is 5.75 Å². The van der Waals surface area contributed by atoms with Gasteiger partial charge in [0.05, 0.1) is 12.0 Å². The lowest BCUT2D eigenvalue weighted by Gasteiger charge is -2.46. The van der Waals surface area contributed by atoms with Crippen LogP contribution >= 0.6 is 11.6 Å². The van der Waals surface area contributed by atoms with Crippen LogP contribution in [-0.4, -0.2) is 59.6 Å². The van der Waals surface area contributed by atoms with Crippen molar-refractivity contribution < 1.29 is 15.0 Å². The van der Waals surface area contributed by atoms with Crippen molar-refractivity contribution in [3.63, 3.8) is 0 Å². The van der Waals surface area contributed by atoms with Crippen molar-refractivity contribution in [1.29, 1.82) is 0 Å². The second-order valence-corrected chi connectivity index (χ2v) is 8.20. The van der Waals surface area contributed by atoms with E-state index in [0.29, 0.717) is 36.6 Å². The van der Waals surface area contributed by atoms with Crippen LogP contribution in [0.15, 0.2) is 48.5 Å². The Bertz CT molecular complexity index is 842. The molecule has 0 aliphatic carbocycles. The first-order valence-corrected chi connectivity index (χ1v) is 9.85. The quantitative estimate of drug-likeness (QED) is 0.807. The number of piperidine rings is 1. The van der Waals surface area contributed by atoms with Gasteiger partial charge in [-0.25, -0.2) is 0 Å². The van der Waals surface area contributed by atoms with E-state index >= 15 is 0 Å². The number of rotatable bonds is 5. The van der Waals surface area contributed by atoms with E-state index < -0.39 is 5.60 Å². The summed E-state index contributed by atoms with van der Waals surface area (Å²) in [5.74, 6) is -0.0326. The van der Waals surface area contributed by atoms with Crippen LogP contribution in [0, 0.1) is 5.92 Å². The first-order chi connectivity index (χ1) is 13.3. The average molecular weight is 403 g/mol. The Morgan fingerprint density at radius 3 is 2.68 bits per heavy atom. The number of amides is 1. The molecule has 1 aliphatic rings. The number of benzene rings is 2. The molecule has 150 valence electrons. The largest absolute Gasteiger partial charge is 0.508 e. The molecule has 28 heavy (non-hydrogen) atoms. The van der Waals surface area contributed by atoms with Gasteiger partial charge in [-0.05, 0) is 49.8 Å². The Hall–Kier alpha value is -2.08. The molecule has 2 aromatic carbocycles. The minimum absolute atomic E-state index is 0.00909. The lowest BCUT2D eigenvalue weighted by Crippen LogP contribution is -2.54. The number of halogens is 1. The van der Waals surface area contributed by atoms with Gasteiger partial charge in [-0.1, -0.05) is 41.9 Å². The van der Waals surface area contributed by atoms with Crippen LogP contribution in [0.25, 0.3) is 0 Å². The van der Waals surface area contributed by atoms with Crippen LogP contribution in [-0.2, 0) is 16.8 Å². The van der Waals surface area contributed by atoms with E-state index in [0.717, 1.165) is 5.56 Å². The summed E-state index contributed by atoms with van der Waals surface area (Å²) in [4.78, 5) is 16.7. The molecule has 5 nitrogen and oxygen atoms in total. The summed E-state index contributed by atoms with van der Waals surface area (Å²) in [5, 5.41) is 22.0. The molecule has 0 radical (unpaired) electrons. The molecule has 1 heterocycles. The standard InChI is InChI=1S/C22H27ClN2O3/c1-24(2)14-18-15-25(21(27)12-16-6-3-4-9-20(16)23)11-10-22(18,28)17-7-5-8-19(26)13-17/h3-9,13,18,26,28H,10-12,14-15H2,1-2H3. The first kappa shape index (κ1) is 20.6. The Balaban J connectivity index is 1.80. The Labute approximate surface area is 171 Å². The normalized spacial score (nSPS) is 22.5. The topological polar surface area (TPSA) is 64.0 Å². The zero-order chi connectivity index (χ0) is 20.3. The molecule has 1 aliphatic heterocycles. The highest BCUT2D eigenvalue weighted by Gasteiger charge is 2.44. The van der Waals surface area contributed by atoms with Crippen molar-refractivity contribution in [1.82, 2.24) is 9.80 Å². The van der Waals surface area contributed by atoms with Gasteiger partial charge in [-0.2, -0.15) is 0 Å². The van der Waals surface area contributed by atoms with Gasteiger partial charge < -0.3 is 20.0 Å². The summed E-state index contributed by atoms with van der Waals surface area (Å²) in [6.45, 7) is 1.54. The first-order valence-electron chi connectivity index (χ1n) is 9.47. The fourth-order valence-electron chi connectivity index (χ4n) is 3.97. The van der Waals surface area contributed by atoms with Crippen molar-refractivity contribution in [2.24, 2.45) is 5.92 Å². The van der Waals surface area contributed by atoms with E-state index in [-0.39, 0.29) is 24.0 Å². The highest BCUT2D eigenvalue weighted by molar-refractivity contribution is 6.31. The van der Waals surface area contributed by atoms with E-state index in [2.05, 4.69) is 0 Å². The number of hydrogen-bond donors (Lipinski definition) is 2. The van der Waals surface area contributed by atoms with Gasteiger partial charge in [-0.15, -0.1) is 0 Å². The SMILES string of the molecule is CN(C)CC1CN(C(=O)Cc2ccccc2Cl)CCC1(O)c1cccc(O)c1. The number of likely N-dealkylation sites (tertiary alicyclic amines) is 1. The minimum atomic E-state index is -1.09. The molecule has 1 saturated heterocycles. The van der Waals surface area contributed by atoms with Gasteiger partial charge in [0, 0.05) is 30.6 Å². The Morgan fingerprint density at radius 1 is 1.25 bits per heavy atom. The molecule has 1 amide bonds. The number of phenolic OH excluding ortho intramolecular Hbond substituents is 1. The predicted octanol–water partition coefficient (Wildman–Crippen LogP) is 2.89. The van der Waals surface area contributed by atoms with Gasteiger partial charge >= 0.3 is 0 Å². The summed E-state index contributed by atoms with van der Waals surface area (Å²) in [7, 11) is 3.90. The van der Waals surface area contributed by atoms with E-state index in [9.17, 15) is 15.0 Å². The van der Waals surface area contributed by atoms with E-state index in [1.165, 1.54) is 0 Å². The van der Waals surface area contributed by atoms with Gasteiger partial charge in [-0.3, -0.25) is 4.79 Å². The van der Waals surface area contributed by atoms with Crippen molar-refractivity contribution >= 4 is 17.5 Å². The maximum absolute atomic E-state index is 12.9. The molecular formula is C22H27ClN2O3. The number of carbonyl (C=O) groups excluding carboxylic acids is 1. The molecule has 2 N–H and O–H groups in total. The second kappa shape index (κ2) is 8.52. The molecule has 3 rings (SSSR count). The van der Waals surface area contributed by atoms with Crippen molar-refractivity contribution in [3.05, 3.63) is 64.7 Å². The number of aromatic hydroxyl groups is 1. The lowest BCUT2D eigenvalue weighted by atomic mass is 9.75. The fraction of sp³-hybridized carbons (Fsp3) is 0.409. The molecule has 0 saturated carbocycles.